The first-order valence-corrected chi connectivity index (χ1v) is 8.51. The van der Waals surface area contributed by atoms with E-state index in [0.717, 1.165) is 17.6 Å². The quantitative estimate of drug-likeness (QED) is 0.746. The highest BCUT2D eigenvalue weighted by Gasteiger charge is 2.17. The van der Waals surface area contributed by atoms with Crippen LogP contribution in [0, 0.1) is 0 Å². The number of allylic oxidation sites excluding steroid dienone is 1. The van der Waals surface area contributed by atoms with Crippen LogP contribution in [0.1, 0.15) is 45.0 Å². The molecule has 25 heavy (non-hydrogen) atoms. The van der Waals surface area contributed by atoms with Gasteiger partial charge in [0.25, 0.3) is 5.56 Å². The molecule has 0 bridgehead atoms. The van der Waals surface area contributed by atoms with Crippen LogP contribution in [-0.4, -0.2) is 19.1 Å². The third kappa shape index (κ3) is 3.09. The number of aryl methyl sites for hydroxylation is 1. The van der Waals surface area contributed by atoms with Crippen LogP contribution in [0.15, 0.2) is 32.6 Å². The maximum absolute atomic E-state index is 12.7. The maximum atomic E-state index is 12.7. The molecule has 1 N–H and O–H groups in total. The minimum atomic E-state index is -0.316. The van der Waals surface area contributed by atoms with Crippen molar-refractivity contribution in [3.63, 3.8) is 0 Å². The lowest BCUT2D eigenvalue weighted by atomic mass is 10.2. The van der Waals surface area contributed by atoms with Gasteiger partial charge in [-0.1, -0.05) is 13.8 Å². The second-order valence-corrected chi connectivity index (χ2v) is 6.06. The van der Waals surface area contributed by atoms with E-state index in [1.54, 1.807) is 17.1 Å². The van der Waals surface area contributed by atoms with E-state index >= 15 is 0 Å². The highest BCUT2D eigenvalue weighted by molar-refractivity contribution is 5.81. The Balaban J connectivity index is 2.22. The number of aromatic nitrogens is 4. The Hall–Kier alpha value is -2.83. The van der Waals surface area contributed by atoms with Crippen LogP contribution in [-0.2, 0) is 13.1 Å². The molecule has 0 unspecified atom stereocenters. The summed E-state index contributed by atoms with van der Waals surface area (Å²) in [6.07, 6.45) is 6.64. The van der Waals surface area contributed by atoms with E-state index in [1.165, 1.54) is 4.57 Å². The molecule has 0 fully saturated rings. The lowest BCUT2D eigenvalue weighted by Gasteiger charge is -2.09. The zero-order valence-electron chi connectivity index (χ0n) is 14.7. The average molecular weight is 342 g/mol. The lowest BCUT2D eigenvalue weighted by molar-refractivity contribution is 0.555. The van der Waals surface area contributed by atoms with Gasteiger partial charge in [-0.2, -0.15) is 0 Å². The van der Waals surface area contributed by atoms with Crippen LogP contribution in [0.25, 0.3) is 22.8 Å². The Bertz CT molecular complexity index is 1020. The van der Waals surface area contributed by atoms with Crippen LogP contribution in [0.3, 0.4) is 0 Å². The summed E-state index contributed by atoms with van der Waals surface area (Å²) in [5.74, 6) is 0.576. The summed E-state index contributed by atoms with van der Waals surface area (Å²) in [4.78, 5) is 33.0. The molecular formula is C18H22N4O3. The normalized spacial score (nSPS) is 12.2. The molecule has 0 atom stereocenters. The largest absolute Gasteiger partial charge is 0.472 e. The van der Waals surface area contributed by atoms with Gasteiger partial charge < -0.3 is 9.40 Å². The molecule has 0 amide bonds. The standard InChI is InChI=1S/C18H22N4O3/c1-4-7-21-16-14(17(23)22(8-5-2)18(21)24)19-15(20-16)12(3)10-13-6-9-25-11-13/h6,9-11H,4-5,7-8H2,1-3H3,(H,19,20)/b12-10+. The van der Waals surface area contributed by atoms with Crippen molar-refractivity contribution in [1.29, 1.82) is 0 Å². The summed E-state index contributed by atoms with van der Waals surface area (Å²) in [6.45, 7) is 6.75. The Labute approximate surface area is 144 Å². The van der Waals surface area contributed by atoms with Gasteiger partial charge in [0, 0.05) is 18.7 Å². The molecule has 0 radical (unpaired) electrons. The van der Waals surface area contributed by atoms with E-state index in [2.05, 4.69) is 9.97 Å². The van der Waals surface area contributed by atoms with Crippen molar-refractivity contribution in [3.05, 3.63) is 50.8 Å². The average Bonchev–Trinajstić information content (AvgIpc) is 3.25. The topological polar surface area (TPSA) is 85.8 Å². The highest BCUT2D eigenvalue weighted by atomic mass is 16.3. The van der Waals surface area contributed by atoms with Crippen molar-refractivity contribution in [2.24, 2.45) is 0 Å². The predicted molar refractivity (Wildman–Crippen MR) is 97.4 cm³/mol. The molecule has 7 nitrogen and oxygen atoms in total. The van der Waals surface area contributed by atoms with Gasteiger partial charge in [0.15, 0.2) is 5.65 Å². The van der Waals surface area contributed by atoms with Gasteiger partial charge >= 0.3 is 5.69 Å². The first-order chi connectivity index (χ1) is 12.1. The van der Waals surface area contributed by atoms with Gasteiger partial charge in [0.1, 0.15) is 11.3 Å². The van der Waals surface area contributed by atoms with Gasteiger partial charge in [-0.05, 0) is 37.5 Å². The molecule has 3 aromatic rings. The van der Waals surface area contributed by atoms with Crippen molar-refractivity contribution < 1.29 is 4.42 Å². The lowest BCUT2D eigenvalue weighted by Crippen LogP contribution is -2.40. The Kier molecular flexibility index (Phi) is 4.74. The van der Waals surface area contributed by atoms with Gasteiger partial charge in [-0.15, -0.1) is 0 Å². The van der Waals surface area contributed by atoms with E-state index in [-0.39, 0.29) is 11.2 Å². The molecule has 0 aromatic carbocycles. The van der Waals surface area contributed by atoms with Crippen LogP contribution >= 0.6 is 0 Å². The predicted octanol–water partition coefficient (Wildman–Crippen LogP) is 2.86. The number of furan rings is 1. The molecule has 3 rings (SSSR count). The second kappa shape index (κ2) is 6.96. The Morgan fingerprint density at radius 1 is 1.24 bits per heavy atom. The summed E-state index contributed by atoms with van der Waals surface area (Å²) < 4.78 is 7.93. The van der Waals surface area contributed by atoms with Gasteiger partial charge in [0.05, 0.1) is 12.5 Å². The third-order valence-electron chi connectivity index (χ3n) is 4.06. The van der Waals surface area contributed by atoms with Crippen molar-refractivity contribution in [2.75, 3.05) is 0 Å². The molecule has 132 valence electrons. The van der Waals surface area contributed by atoms with Crippen LogP contribution in [0.5, 0.6) is 0 Å². The number of aromatic amines is 1. The summed E-state index contributed by atoms with van der Waals surface area (Å²) in [5, 5.41) is 0. The van der Waals surface area contributed by atoms with Gasteiger partial charge in [-0.25, -0.2) is 9.78 Å². The maximum Gasteiger partial charge on any atom is 0.332 e. The molecule has 0 saturated heterocycles. The van der Waals surface area contributed by atoms with Gasteiger partial charge in [0.2, 0.25) is 0 Å². The smallest absolute Gasteiger partial charge is 0.332 e. The number of H-pyrrole nitrogens is 1. The van der Waals surface area contributed by atoms with Crippen molar-refractivity contribution in [1.82, 2.24) is 19.1 Å². The zero-order valence-corrected chi connectivity index (χ0v) is 14.7. The number of imidazole rings is 1. The minimum Gasteiger partial charge on any atom is -0.472 e. The molecule has 0 saturated carbocycles. The Morgan fingerprint density at radius 2 is 1.96 bits per heavy atom. The fourth-order valence-corrected chi connectivity index (χ4v) is 2.87. The summed E-state index contributed by atoms with van der Waals surface area (Å²) in [7, 11) is 0. The molecular weight excluding hydrogens is 320 g/mol. The number of nitrogens with one attached hydrogen (secondary N) is 1. The fourth-order valence-electron chi connectivity index (χ4n) is 2.87. The molecule has 7 heteroatoms. The van der Waals surface area contributed by atoms with Crippen LogP contribution < -0.4 is 11.2 Å². The van der Waals surface area contributed by atoms with Crippen molar-refractivity contribution in [3.8, 4) is 0 Å². The number of nitrogens with zero attached hydrogens (tertiary/aromatic N) is 3. The summed E-state index contributed by atoms with van der Waals surface area (Å²) >= 11 is 0. The van der Waals surface area contributed by atoms with Gasteiger partial charge in [-0.3, -0.25) is 13.9 Å². The van der Waals surface area contributed by atoms with E-state index in [1.807, 2.05) is 32.9 Å². The third-order valence-corrected chi connectivity index (χ3v) is 4.06. The molecule has 3 aromatic heterocycles. The van der Waals surface area contributed by atoms with E-state index in [4.69, 9.17) is 4.42 Å². The number of fused-ring (bicyclic) bond motifs is 1. The summed E-state index contributed by atoms with van der Waals surface area (Å²) in [5.41, 5.74) is 1.94. The molecule has 0 spiro atoms. The molecule has 0 aliphatic carbocycles. The minimum absolute atomic E-state index is 0.296. The highest BCUT2D eigenvalue weighted by Crippen LogP contribution is 2.17. The molecule has 0 aliphatic rings. The number of hydrogen-bond acceptors (Lipinski definition) is 4. The fraction of sp³-hybridized carbons (Fsp3) is 0.389. The monoisotopic (exact) mass is 342 g/mol. The number of hydrogen-bond donors (Lipinski definition) is 1. The second-order valence-electron chi connectivity index (χ2n) is 6.06. The van der Waals surface area contributed by atoms with E-state index < -0.39 is 0 Å². The Morgan fingerprint density at radius 3 is 2.60 bits per heavy atom. The van der Waals surface area contributed by atoms with Crippen LogP contribution in [0.4, 0.5) is 0 Å². The zero-order chi connectivity index (χ0) is 18.0. The van der Waals surface area contributed by atoms with E-state index in [9.17, 15) is 9.59 Å². The number of rotatable bonds is 6. The molecule has 0 aliphatic heterocycles. The molecule has 3 heterocycles. The first-order valence-electron chi connectivity index (χ1n) is 8.51. The van der Waals surface area contributed by atoms with Crippen molar-refractivity contribution in [2.45, 2.75) is 46.7 Å². The first kappa shape index (κ1) is 17.0. The van der Waals surface area contributed by atoms with Crippen molar-refractivity contribution >= 4 is 22.8 Å². The summed E-state index contributed by atoms with van der Waals surface area (Å²) in [6, 6.07) is 1.84. The van der Waals surface area contributed by atoms with E-state index in [0.29, 0.717) is 36.5 Å². The van der Waals surface area contributed by atoms with Crippen LogP contribution in [0.2, 0.25) is 0 Å². The SMILES string of the molecule is CCCn1c(=O)c2[nH]c(/C(C)=C/c3ccoc3)nc2n(CCC)c1=O.